The lowest BCUT2D eigenvalue weighted by Gasteiger charge is -2.45. The number of ether oxygens (including phenoxy) is 1. The van der Waals surface area contributed by atoms with Crippen LogP contribution in [0.15, 0.2) is 42.6 Å². The molecule has 1 unspecified atom stereocenters. The highest BCUT2D eigenvalue weighted by Crippen LogP contribution is 2.36. The lowest BCUT2D eigenvalue weighted by molar-refractivity contribution is -0.157. The Bertz CT molecular complexity index is 1420. The summed E-state index contributed by atoms with van der Waals surface area (Å²) in [5.41, 5.74) is 2.80. The molecule has 2 atom stereocenters. The number of halogens is 5. The molecule has 238 valence electrons. The van der Waals surface area contributed by atoms with Crippen LogP contribution in [-0.2, 0) is 32.1 Å². The average molecular weight is 627 g/mol. The van der Waals surface area contributed by atoms with Crippen molar-refractivity contribution in [1.82, 2.24) is 25.0 Å². The van der Waals surface area contributed by atoms with E-state index in [2.05, 4.69) is 10.3 Å². The van der Waals surface area contributed by atoms with Gasteiger partial charge in [-0.1, -0.05) is 12.1 Å². The van der Waals surface area contributed by atoms with Gasteiger partial charge in [0.1, 0.15) is 29.8 Å². The molecule has 2 aliphatic rings. The van der Waals surface area contributed by atoms with E-state index in [0.29, 0.717) is 11.8 Å². The molecule has 2 aromatic rings. The summed E-state index contributed by atoms with van der Waals surface area (Å²) in [5, 5.41) is 2.47. The molecule has 44 heavy (non-hydrogen) atoms. The van der Waals surface area contributed by atoms with Gasteiger partial charge < -0.3 is 25.6 Å². The molecule has 3 N–H and O–H groups in total. The van der Waals surface area contributed by atoms with E-state index in [1.807, 2.05) is 0 Å². The number of hydrogen-bond acceptors (Lipinski definition) is 7. The average Bonchev–Trinajstić information content (AvgIpc) is 3.13. The van der Waals surface area contributed by atoms with Crippen molar-refractivity contribution in [2.75, 3.05) is 32.8 Å². The highest BCUT2D eigenvalue weighted by molar-refractivity contribution is 6.08. The fourth-order valence-electron chi connectivity index (χ4n) is 5.06. The van der Waals surface area contributed by atoms with E-state index in [1.54, 1.807) is 12.1 Å². The van der Waals surface area contributed by atoms with Crippen LogP contribution in [0.3, 0.4) is 0 Å². The quantitative estimate of drug-likeness (QED) is 0.303. The smallest absolute Gasteiger partial charge is 0.374 e. The van der Waals surface area contributed by atoms with Crippen LogP contribution in [-0.4, -0.2) is 99.5 Å². The number of carbonyl (C=O) groups excluding carboxylic acids is 4. The van der Waals surface area contributed by atoms with Crippen LogP contribution in [0.4, 0.5) is 26.7 Å². The normalized spacial score (nSPS) is 19.7. The van der Waals surface area contributed by atoms with Gasteiger partial charge in [-0.2, -0.15) is 13.2 Å². The number of piperazine rings is 1. The standard InChI is InChI=1S/C28H31F5N6O5/c1-26(2,34)23(41)36-21(14-44-13-17-6-7-18(29)11-20(17)30)22(40)37-9-10-39-25(43)38(16-28(31,32)33)24(42)27(39,15-37)12-19-5-3-4-8-35-19/h3-8,11,21H,9-10,12-16,34H2,1-2H3,(H,36,41)/t21-,27?/m1/s1. The topological polar surface area (TPSA) is 138 Å². The van der Waals surface area contributed by atoms with E-state index in [0.717, 1.165) is 21.9 Å². The van der Waals surface area contributed by atoms with Crippen LogP contribution in [0.1, 0.15) is 25.1 Å². The van der Waals surface area contributed by atoms with E-state index in [-0.39, 0.29) is 30.0 Å². The van der Waals surface area contributed by atoms with E-state index in [9.17, 15) is 41.1 Å². The first-order chi connectivity index (χ1) is 20.5. The van der Waals surface area contributed by atoms with E-state index in [4.69, 9.17) is 10.5 Å². The number of nitrogens with zero attached hydrogens (tertiary/aromatic N) is 4. The molecule has 2 saturated heterocycles. The lowest BCUT2D eigenvalue weighted by atomic mass is 9.88. The summed E-state index contributed by atoms with van der Waals surface area (Å²) in [6.07, 6.45) is -3.74. The number of pyridine rings is 1. The first kappa shape index (κ1) is 32.7. The number of nitrogens with two attached hydrogens (primary N) is 1. The number of benzene rings is 1. The SMILES string of the molecule is CC(C)(N)C(=O)N[C@H](COCc1ccc(F)cc1F)C(=O)N1CCN2C(=O)N(CC(F)(F)F)C(=O)C2(Cc2ccccn2)C1. The van der Waals surface area contributed by atoms with Gasteiger partial charge in [0.2, 0.25) is 11.8 Å². The molecule has 2 aliphatic heterocycles. The van der Waals surface area contributed by atoms with Gasteiger partial charge in [-0.25, -0.2) is 13.6 Å². The minimum atomic E-state index is -4.87. The second-order valence-electron chi connectivity index (χ2n) is 11.2. The number of urea groups is 1. The Morgan fingerprint density at radius 2 is 1.86 bits per heavy atom. The zero-order valence-corrected chi connectivity index (χ0v) is 23.9. The van der Waals surface area contributed by atoms with Crippen molar-refractivity contribution < 1.29 is 45.9 Å². The number of alkyl halides is 3. The van der Waals surface area contributed by atoms with Gasteiger partial charge in [0.05, 0.1) is 25.3 Å². The van der Waals surface area contributed by atoms with Crippen molar-refractivity contribution in [1.29, 1.82) is 0 Å². The molecule has 1 aromatic heterocycles. The van der Waals surface area contributed by atoms with Crippen LogP contribution in [0.2, 0.25) is 0 Å². The van der Waals surface area contributed by atoms with Crippen molar-refractivity contribution >= 4 is 23.8 Å². The molecule has 0 radical (unpaired) electrons. The monoisotopic (exact) mass is 626 g/mol. The van der Waals surface area contributed by atoms with E-state index >= 15 is 0 Å². The molecule has 1 aromatic carbocycles. The summed E-state index contributed by atoms with van der Waals surface area (Å²) in [4.78, 5) is 59.7. The van der Waals surface area contributed by atoms with Crippen molar-refractivity contribution in [3.8, 4) is 0 Å². The first-order valence-electron chi connectivity index (χ1n) is 13.5. The molecule has 0 saturated carbocycles. The molecule has 11 nitrogen and oxygen atoms in total. The number of rotatable bonds is 10. The van der Waals surface area contributed by atoms with Gasteiger partial charge in [-0.05, 0) is 32.0 Å². The Morgan fingerprint density at radius 3 is 2.48 bits per heavy atom. The Balaban J connectivity index is 1.61. The summed E-state index contributed by atoms with van der Waals surface area (Å²) in [5.74, 6) is -4.37. The minimum Gasteiger partial charge on any atom is -0.374 e. The van der Waals surface area contributed by atoms with Crippen LogP contribution in [0.25, 0.3) is 0 Å². The van der Waals surface area contributed by atoms with Crippen LogP contribution < -0.4 is 11.1 Å². The number of carbonyl (C=O) groups is 4. The Morgan fingerprint density at radius 1 is 1.14 bits per heavy atom. The summed E-state index contributed by atoms with van der Waals surface area (Å²) in [6, 6.07) is 4.99. The number of imide groups is 1. The van der Waals surface area contributed by atoms with Crippen molar-refractivity contribution in [3.63, 3.8) is 0 Å². The third-order valence-corrected chi connectivity index (χ3v) is 7.26. The molecule has 0 bridgehead atoms. The van der Waals surface area contributed by atoms with Crippen molar-refractivity contribution in [2.24, 2.45) is 5.73 Å². The van der Waals surface area contributed by atoms with Gasteiger partial charge in [-0.15, -0.1) is 0 Å². The van der Waals surface area contributed by atoms with Crippen LogP contribution in [0.5, 0.6) is 0 Å². The third kappa shape index (κ3) is 7.13. The summed E-state index contributed by atoms with van der Waals surface area (Å²) in [7, 11) is 0. The highest BCUT2D eigenvalue weighted by Gasteiger charge is 2.61. The van der Waals surface area contributed by atoms with Gasteiger partial charge in [0, 0.05) is 43.0 Å². The van der Waals surface area contributed by atoms with Crippen LogP contribution >= 0.6 is 0 Å². The Kier molecular flexibility index (Phi) is 9.25. The molecule has 5 amide bonds. The maximum atomic E-state index is 14.1. The van der Waals surface area contributed by atoms with E-state index < -0.39 is 85.0 Å². The summed E-state index contributed by atoms with van der Waals surface area (Å²) in [6.45, 7) is -0.917. The Hall–Kier alpha value is -4.18. The van der Waals surface area contributed by atoms with E-state index in [1.165, 1.54) is 26.1 Å². The number of hydrogen-bond donors (Lipinski definition) is 2. The predicted octanol–water partition coefficient (Wildman–Crippen LogP) is 1.75. The number of amides is 5. The number of fused-ring (bicyclic) bond motifs is 1. The van der Waals surface area contributed by atoms with Gasteiger partial charge in [0.25, 0.3) is 5.91 Å². The molecule has 3 heterocycles. The molecule has 4 rings (SSSR count). The summed E-state index contributed by atoms with van der Waals surface area (Å²) < 4.78 is 73.0. The summed E-state index contributed by atoms with van der Waals surface area (Å²) >= 11 is 0. The van der Waals surface area contributed by atoms with Crippen LogP contribution in [0, 0.1) is 11.6 Å². The number of aromatic nitrogens is 1. The van der Waals surface area contributed by atoms with Crippen molar-refractivity contribution in [2.45, 2.75) is 50.2 Å². The lowest BCUT2D eigenvalue weighted by Crippen LogP contribution is -2.67. The maximum Gasteiger partial charge on any atom is 0.406 e. The Labute approximate surface area is 249 Å². The molecule has 0 spiro atoms. The first-order valence-corrected chi connectivity index (χ1v) is 13.5. The second-order valence-corrected chi connectivity index (χ2v) is 11.2. The second kappa shape index (κ2) is 12.4. The maximum absolute atomic E-state index is 14.1. The molecular formula is C28H31F5N6O5. The highest BCUT2D eigenvalue weighted by atomic mass is 19.4. The van der Waals surface area contributed by atoms with Crippen molar-refractivity contribution in [3.05, 3.63) is 65.5 Å². The molecule has 2 fully saturated rings. The largest absolute Gasteiger partial charge is 0.406 e. The molecular weight excluding hydrogens is 595 g/mol. The van der Waals surface area contributed by atoms with Gasteiger partial charge >= 0.3 is 12.2 Å². The molecule has 0 aliphatic carbocycles. The number of nitrogens with one attached hydrogen (secondary N) is 1. The third-order valence-electron chi connectivity index (χ3n) is 7.26. The van der Waals surface area contributed by atoms with Gasteiger partial charge in [0.15, 0.2) is 0 Å². The minimum absolute atomic E-state index is 0.0224. The fourth-order valence-corrected chi connectivity index (χ4v) is 5.06. The predicted molar refractivity (Wildman–Crippen MR) is 143 cm³/mol. The fraction of sp³-hybridized carbons (Fsp3) is 0.464. The zero-order valence-electron chi connectivity index (χ0n) is 23.9. The van der Waals surface area contributed by atoms with Gasteiger partial charge in [-0.3, -0.25) is 24.3 Å². The zero-order chi connectivity index (χ0) is 32.4. The molecule has 16 heteroatoms.